The van der Waals surface area contributed by atoms with Gasteiger partial charge in [0.2, 0.25) is 0 Å². The number of methoxy groups -OCH3 is 1. The van der Waals surface area contributed by atoms with Crippen LogP contribution in [0.5, 0.6) is 5.75 Å². The van der Waals surface area contributed by atoms with Gasteiger partial charge in [0.25, 0.3) is 0 Å². The molecule has 0 N–H and O–H groups in total. The van der Waals surface area contributed by atoms with E-state index in [1.165, 1.54) is 15.9 Å². The van der Waals surface area contributed by atoms with Gasteiger partial charge >= 0.3 is 0 Å². The molecule has 0 fully saturated rings. The molecule has 3 aromatic rings. The smallest absolute Gasteiger partial charge is 0.176 e. The lowest BCUT2D eigenvalue weighted by Gasteiger charge is -2.21. The average molecular weight is 419 g/mol. The summed E-state index contributed by atoms with van der Waals surface area (Å²) in [5, 5.41) is 3.98. The van der Waals surface area contributed by atoms with Crippen molar-refractivity contribution in [3.05, 3.63) is 84.9 Å². The zero-order valence-electron chi connectivity index (χ0n) is 12.3. The topological polar surface area (TPSA) is 9.23 Å². The van der Waals surface area contributed by atoms with E-state index in [4.69, 9.17) is 4.74 Å². The minimum Gasteiger partial charge on any atom is -0.493 e. The summed E-state index contributed by atoms with van der Waals surface area (Å²) in [5.74, 6) is 0.956. The molecule has 0 saturated heterocycles. The maximum atomic E-state index is 5.66. The minimum absolute atomic E-state index is 0.956. The van der Waals surface area contributed by atoms with E-state index >= 15 is 0 Å². The molecule has 0 bridgehead atoms. The predicted molar refractivity (Wildman–Crippen MR) is 106 cm³/mol. The van der Waals surface area contributed by atoms with Crippen LogP contribution in [-0.2, 0) is 0 Å². The number of benzene rings is 3. The van der Waals surface area contributed by atoms with Gasteiger partial charge < -0.3 is 4.74 Å². The van der Waals surface area contributed by atoms with Crippen LogP contribution >= 0.6 is 26.9 Å². The van der Waals surface area contributed by atoms with Gasteiger partial charge in [-0.2, -0.15) is 0 Å². The summed E-state index contributed by atoms with van der Waals surface area (Å²) < 4.78 is 5.66. The van der Waals surface area contributed by atoms with Crippen LogP contribution in [0.4, 0.5) is 0 Å². The molecule has 3 heteroatoms. The Hall–Kier alpha value is -1.38. The molecule has 0 aliphatic heterocycles. The molecular formula is C19H17IOP+. The van der Waals surface area contributed by atoms with Gasteiger partial charge in [0.1, 0.15) is 10.6 Å². The highest BCUT2D eigenvalue weighted by atomic mass is 127. The molecule has 110 valence electrons. The van der Waals surface area contributed by atoms with Gasteiger partial charge in [-0.05, 0) is 36.4 Å². The SMILES string of the molecule is COc1ccccc1[P+](I)(c1ccccc1)c1ccccc1. The normalized spacial score (nSPS) is 11.2. The Morgan fingerprint density at radius 1 is 0.682 bits per heavy atom. The van der Waals surface area contributed by atoms with Crippen LogP contribution in [0.15, 0.2) is 84.9 Å². The van der Waals surface area contributed by atoms with Crippen molar-refractivity contribution in [1.82, 2.24) is 0 Å². The Balaban J connectivity index is 2.29. The Morgan fingerprint density at radius 2 is 1.14 bits per heavy atom. The van der Waals surface area contributed by atoms with Crippen LogP contribution < -0.4 is 20.7 Å². The van der Waals surface area contributed by atoms with E-state index in [0.29, 0.717) is 0 Å². The first-order valence-corrected chi connectivity index (χ1v) is 11.7. The van der Waals surface area contributed by atoms with E-state index in [1.54, 1.807) is 7.11 Å². The third-order valence-electron chi connectivity index (χ3n) is 3.64. The van der Waals surface area contributed by atoms with Gasteiger partial charge in [-0.15, -0.1) is 0 Å². The molecule has 0 amide bonds. The van der Waals surface area contributed by atoms with Crippen molar-refractivity contribution in [3.8, 4) is 5.75 Å². The van der Waals surface area contributed by atoms with Crippen LogP contribution in [0.25, 0.3) is 0 Å². The lowest BCUT2D eigenvalue weighted by Crippen LogP contribution is -2.27. The zero-order chi connectivity index (χ0) is 15.4. The quantitative estimate of drug-likeness (QED) is 0.452. The van der Waals surface area contributed by atoms with E-state index in [1.807, 2.05) is 6.07 Å². The number of ether oxygens (including phenoxy) is 1. The summed E-state index contributed by atoms with van der Waals surface area (Å²) in [6.45, 7) is 0. The van der Waals surface area contributed by atoms with E-state index < -0.39 is 4.90 Å². The first-order chi connectivity index (χ1) is 10.8. The van der Waals surface area contributed by atoms with Crippen molar-refractivity contribution in [1.29, 1.82) is 0 Å². The van der Waals surface area contributed by atoms with E-state index in [0.717, 1.165) is 5.75 Å². The average Bonchev–Trinajstić information content (AvgIpc) is 2.62. The fraction of sp³-hybridized carbons (Fsp3) is 0.0526. The highest BCUT2D eigenvalue weighted by Gasteiger charge is 2.45. The fourth-order valence-corrected chi connectivity index (χ4v) is 8.49. The van der Waals surface area contributed by atoms with Crippen LogP contribution in [0.1, 0.15) is 0 Å². The Bertz CT molecular complexity index is 704. The number of hydrogen-bond donors (Lipinski definition) is 0. The van der Waals surface area contributed by atoms with Gasteiger partial charge in [-0.1, -0.05) is 48.5 Å². The van der Waals surface area contributed by atoms with E-state index in [2.05, 4.69) is 101 Å². The second kappa shape index (κ2) is 6.80. The third-order valence-corrected chi connectivity index (χ3v) is 11.6. The van der Waals surface area contributed by atoms with Crippen LogP contribution in [0.2, 0.25) is 0 Å². The third kappa shape index (κ3) is 2.78. The van der Waals surface area contributed by atoms with Crippen LogP contribution in [0.3, 0.4) is 0 Å². The van der Waals surface area contributed by atoms with Crippen LogP contribution in [0, 0.1) is 0 Å². The zero-order valence-corrected chi connectivity index (χ0v) is 15.4. The van der Waals surface area contributed by atoms with Crippen molar-refractivity contribution in [2.24, 2.45) is 0 Å². The second-order valence-electron chi connectivity index (χ2n) is 4.93. The van der Waals surface area contributed by atoms with Crippen molar-refractivity contribution >= 4 is 42.9 Å². The molecule has 0 unspecified atom stereocenters. The molecule has 0 aliphatic rings. The lowest BCUT2D eigenvalue weighted by molar-refractivity contribution is 0.418. The van der Waals surface area contributed by atoms with Crippen molar-refractivity contribution in [2.75, 3.05) is 7.11 Å². The lowest BCUT2D eigenvalue weighted by atomic mass is 10.3. The first-order valence-electron chi connectivity index (χ1n) is 7.10. The molecule has 22 heavy (non-hydrogen) atoms. The van der Waals surface area contributed by atoms with Gasteiger partial charge in [0.05, 0.1) is 7.11 Å². The monoisotopic (exact) mass is 419 g/mol. The van der Waals surface area contributed by atoms with Crippen molar-refractivity contribution in [2.45, 2.75) is 0 Å². The minimum atomic E-state index is -1.74. The molecular weight excluding hydrogens is 402 g/mol. The number of para-hydroxylation sites is 1. The fourth-order valence-electron chi connectivity index (χ4n) is 2.58. The number of halogens is 1. The number of hydrogen-bond acceptors (Lipinski definition) is 1. The van der Waals surface area contributed by atoms with E-state index in [-0.39, 0.29) is 0 Å². The van der Waals surface area contributed by atoms with Crippen molar-refractivity contribution < 1.29 is 4.74 Å². The van der Waals surface area contributed by atoms with Gasteiger partial charge in [0, 0.05) is 0 Å². The summed E-state index contributed by atoms with van der Waals surface area (Å²) >= 11 is 2.65. The Kier molecular flexibility index (Phi) is 4.80. The molecule has 0 heterocycles. The van der Waals surface area contributed by atoms with Gasteiger partial charge in [0.15, 0.2) is 38.0 Å². The number of rotatable bonds is 4. The first kappa shape index (κ1) is 15.5. The standard InChI is InChI=1S/C19H17IOP/c1-21-18-14-8-9-15-19(18)22(20,16-10-4-2-5-11-16)17-12-6-3-7-13-17/h2-15H,1H3/q+1. The molecule has 0 aliphatic carbocycles. The van der Waals surface area contributed by atoms with Gasteiger partial charge in [-0.3, -0.25) is 0 Å². The molecule has 3 aromatic carbocycles. The van der Waals surface area contributed by atoms with E-state index in [9.17, 15) is 0 Å². The maximum Gasteiger partial charge on any atom is 0.176 e. The molecule has 1 nitrogen and oxygen atoms in total. The predicted octanol–water partition coefficient (Wildman–Crippen LogP) is 4.34. The molecule has 0 saturated carbocycles. The molecule has 0 aromatic heterocycles. The highest BCUT2D eigenvalue weighted by Crippen LogP contribution is 2.64. The van der Waals surface area contributed by atoms with Crippen molar-refractivity contribution in [3.63, 3.8) is 0 Å². The summed E-state index contributed by atoms with van der Waals surface area (Å²) in [4.78, 5) is -1.74. The summed E-state index contributed by atoms with van der Waals surface area (Å²) in [6, 6.07) is 29.8. The largest absolute Gasteiger partial charge is 0.493 e. The second-order valence-corrected chi connectivity index (χ2v) is 12.0. The molecule has 0 radical (unpaired) electrons. The maximum absolute atomic E-state index is 5.66. The van der Waals surface area contributed by atoms with Crippen LogP contribution in [-0.4, -0.2) is 7.11 Å². The summed E-state index contributed by atoms with van der Waals surface area (Å²) in [5.41, 5.74) is 0. The summed E-state index contributed by atoms with van der Waals surface area (Å²) in [7, 11) is 1.75. The highest BCUT2D eigenvalue weighted by molar-refractivity contribution is 14.2. The molecule has 0 atom stereocenters. The molecule has 0 spiro atoms. The summed E-state index contributed by atoms with van der Waals surface area (Å²) in [6.07, 6.45) is 0. The Morgan fingerprint density at radius 3 is 1.64 bits per heavy atom. The Labute approximate surface area is 145 Å². The molecule has 3 rings (SSSR count). The van der Waals surface area contributed by atoms with Gasteiger partial charge in [-0.25, -0.2) is 0 Å².